The first-order valence-corrected chi connectivity index (χ1v) is 5.79. The molecule has 2 aromatic rings. The molecule has 0 aliphatic rings. The molecule has 0 saturated heterocycles. The highest BCUT2D eigenvalue weighted by molar-refractivity contribution is 6.01. The van der Waals surface area contributed by atoms with Gasteiger partial charge in [0.2, 0.25) is 5.88 Å². The van der Waals surface area contributed by atoms with Gasteiger partial charge in [-0.15, -0.1) is 0 Å². The van der Waals surface area contributed by atoms with Gasteiger partial charge in [-0.25, -0.2) is 10.2 Å². The number of aromatic amines is 2. The van der Waals surface area contributed by atoms with Crippen molar-refractivity contribution in [2.45, 2.75) is 6.92 Å². The topological polar surface area (TPSA) is 140 Å². The Kier molecular flexibility index (Phi) is 3.93. The van der Waals surface area contributed by atoms with Gasteiger partial charge in [-0.2, -0.15) is 5.10 Å². The van der Waals surface area contributed by atoms with Crippen molar-refractivity contribution in [1.29, 1.82) is 0 Å². The number of amides is 1. The summed E-state index contributed by atoms with van der Waals surface area (Å²) in [6.45, 7) is 1.40. The van der Waals surface area contributed by atoms with E-state index in [1.54, 1.807) is 0 Å². The molecular weight excluding hydrogens is 278 g/mol. The van der Waals surface area contributed by atoms with Crippen molar-refractivity contribution in [3.63, 3.8) is 0 Å². The summed E-state index contributed by atoms with van der Waals surface area (Å²) in [6.07, 6.45) is 2.90. The van der Waals surface area contributed by atoms with Crippen molar-refractivity contribution in [2.75, 3.05) is 0 Å². The molecule has 0 saturated carbocycles. The number of aromatic hydroxyl groups is 1. The lowest BCUT2D eigenvalue weighted by Gasteiger charge is -2.03. The third-order valence-electron chi connectivity index (χ3n) is 2.55. The molecule has 0 aromatic carbocycles. The maximum absolute atomic E-state index is 11.8. The standard InChI is InChI=1S/C12H11N5O4/c1-6(8-10(19)14-12(21)15-11(8)20)16-17-9(18)7-2-4-13-5-3-7/h2-5H,1H3,(H,17,18)(H3,14,15,19,20,21)/b16-6-. The molecular formula is C12H11N5O4. The van der Waals surface area contributed by atoms with Crippen LogP contribution in [0.3, 0.4) is 0 Å². The van der Waals surface area contributed by atoms with Gasteiger partial charge < -0.3 is 5.11 Å². The molecule has 0 radical (unpaired) electrons. The van der Waals surface area contributed by atoms with Crippen LogP contribution in [0.2, 0.25) is 0 Å². The fraction of sp³-hybridized carbons (Fsp3) is 0.0833. The van der Waals surface area contributed by atoms with Crippen molar-refractivity contribution < 1.29 is 9.90 Å². The van der Waals surface area contributed by atoms with Gasteiger partial charge in [0.25, 0.3) is 11.5 Å². The van der Waals surface area contributed by atoms with Crippen molar-refractivity contribution in [2.24, 2.45) is 5.10 Å². The summed E-state index contributed by atoms with van der Waals surface area (Å²) < 4.78 is 0. The first-order valence-electron chi connectivity index (χ1n) is 5.79. The summed E-state index contributed by atoms with van der Waals surface area (Å²) in [5.74, 6) is -1.12. The van der Waals surface area contributed by atoms with Crippen molar-refractivity contribution in [3.8, 4) is 5.88 Å². The molecule has 0 aliphatic heterocycles. The van der Waals surface area contributed by atoms with Crippen LogP contribution in [-0.2, 0) is 0 Å². The summed E-state index contributed by atoms with van der Waals surface area (Å²) in [4.78, 5) is 42.0. The Bertz CT molecular complexity index is 806. The molecule has 21 heavy (non-hydrogen) atoms. The molecule has 0 unspecified atom stereocenters. The maximum atomic E-state index is 11.8. The summed E-state index contributed by atoms with van der Waals surface area (Å²) in [6, 6.07) is 2.98. The van der Waals surface area contributed by atoms with Crippen LogP contribution in [0.5, 0.6) is 5.88 Å². The number of carbonyl (C=O) groups excluding carboxylic acids is 1. The highest BCUT2D eigenvalue weighted by Crippen LogP contribution is 2.06. The quantitative estimate of drug-likeness (QED) is 0.437. The lowest BCUT2D eigenvalue weighted by atomic mass is 10.2. The highest BCUT2D eigenvalue weighted by atomic mass is 16.3. The van der Waals surface area contributed by atoms with E-state index >= 15 is 0 Å². The van der Waals surface area contributed by atoms with Gasteiger partial charge in [-0.3, -0.25) is 24.5 Å². The van der Waals surface area contributed by atoms with Crippen LogP contribution in [0.4, 0.5) is 0 Å². The van der Waals surface area contributed by atoms with Gasteiger partial charge in [-0.05, 0) is 19.1 Å². The molecule has 4 N–H and O–H groups in total. The van der Waals surface area contributed by atoms with Gasteiger partial charge in [0.05, 0.1) is 5.71 Å². The first kappa shape index (κ1) is 14.2. The number of nitrogens with zero attached hydrogens (tertiary/aromatic N) is 2. The number of hydrogen-bond acceptors (Lipinski definition) is 6. The van der Waals surface area contributed by atoms with Crippen LogP contribution in [0.1, 0.15) is 22.8 Å². The molecule has 0 aliphatic carbocycles. The second-order valence-electron chi connectivity index (χ2n) is 4.01. The van der Waals surface area contributed by atoms with E-state index in [0.29, 0.717) is 5.56 Å². The molecule has 2 rings (SSSR count). The molecule has 9 heteroatoms. The Morgan fingerprint density at radius 1 is 1.29 bits per heavy atom. The van der Waals surface area contributed by atoms with Crippen molar-refractivity contribution in [1.82, 2.24) is 20.4 Å². The number of rotatable bonds is 3. The third kappa shape index (κ3) is 3.21. The van der Waals surface area contributed by atoms with E-state index in [0.717, 1.165) is 0 Å². The SMILES string of the molecule is C/C(=N/NC(=O)c1ccncc1)c1c(O)[nH]c(=O)[nH]c1=O. The summed E-state index contributed by atoms with van der Waals surface area (Å²) >= 11 is 0. The fourth-order valence-corrected chi connectivity index (χ4v) is 1.57. The van der Waals surface area contributed by atoms with Crippen LogP contribution in [0, 0.1) is 0 Å². The number of aromatic nitrogens is 3. The van der Waals surface area contributed by atoms with E-state index in [9.17, 15) is 19.5 Å². The summed E-state index contributed by atoms with van der Waals surface area (Å²) in [7, 11) is 0. The average molecular weight is 289 g/mol. The Labute approximate surface area is 117 Å². The van der Waals surface area contributed by atoms with Gasteiger partial charge >= 0.3 is 5.69 Å². The van der Waals surface area contributed by atoms with E-state index in [-0.39, 0.29) is 11.3 Å². The summed E-state index contributed by atoms with van der Waals surface area (Å²) in [5.41, 5.74) is 0.721. The fourth-order valence-electron chi connectivity index (χ4n) is 1.57. The number of H-pyrrole nitrogens is 2. The van der Waals surface area contributed by atoms with E-state index < -0.39 is 23.0 Å². The van der Waals surface area contributed by atoms with E-state index in [4.69, 9.17) is 0 Å². The number of hydrazone groups is 1. The predicted molar refractivity (Wildman–Crippen MR) is 73.3 cm³/mol. The Balaban J connectivity index is 2.25. The first-order chi connectivity index (χ1) is 9.99. The monoisotopic (exact) mass is 289 g/mol. The van der Waals surface area contributed by atoms with Gasteiger partial charge in [0.1, 0.15) is 5.56 Å². The maximum Gasteiger partial charge on any atom is 0.328 e. The van der Waals surface area contributed by atoms with Crippen molar-refractivity contribution in [3.05, 3.63) is 56.5 Å². The van der Waals surface area contributed by atoms with Crippen LogP contribution in [-0.4, -0.2) is 31.7 Å². The molecule has 1 amide bonds. The second kappa shape index (κ2) is 5.82. The molecule has 2 heterocycles. The molecule has 0 spiro atoms. The largest absolute Gasteiger partial charge is 0.494 e. The van der Waals surface area contributed by atoms with E-state index in [1.807, 2.05) is 9.97 Å². The minimum absolute atomic E-state index is 0.0346. The number of hydrogen-bond donors (Lipinski definition) is 4. The van der Waals surface area contributed by atoms with Crippen LogP contribution in [0.25, 0.3) is 0 Å². The molecule has 0 bridgehead atoms. The Morgan fingerprint density at radius 3 is 2.57 bits per heavy atom. The molecule has 0 atom stereocenters. The number of carbonyl (C=O) groups is 1. The van der Waals surface area contributed by atoms with Gasteiger partial charge in [-0.1, -0.05) is 0 Å². The minimum Gasteiger partial charge on any atom is -0.494 e. The zero-order valence-corrected chi connectivity index (χ0v) is 10.9. The van der Waals surface area contributed by atoms with E-state index in [2.05, 4.69) is 15.5 Å². The Morgan fingerprint density at radius 2 is 1.95 bits per heavy atom. The highest BCUT2D eigenvalue weighted by Gasteiger charge is 2.12. The summed E-state index contributed by atoms with van der Waals surface area (Å²) in [5, 5.41) is 13.3. The zero-order valence-electron chi connectivity index (χ0n) is 10.9. The van der Waals surface area contributed by atoms with E-state index in [1.165, 1.54) is 31.5 Å². The number of pyridine rings is 1. The lowest BCUT2D eigenvalue weighted by molar-refractivity contribution is 0.0954. The Hall–Kier alpha value is -3.23. The number of nitrogens with one attached hydrogen (secondary N) is 3. The molecule has 0 fully saturated rings. The molecule has 9 nitrogen and oxygen atoms in total. The zero-order chi connectivity index (χ0) is 15.4. The van der Waals surface area contributed by atoms with Gasteiger partial charge in [0.15, 0.2) is 0 Å². The second-order valence-corrected chi connectivity index (χ2v) is 4.01. The van der Waals surface area contributed by atoms with Crippen molar-refractivity contribution >= 4 is 11.6 Å². The van der Waals surface area contributed by atoms with Crippen LogP contribution >= 0.6 is 0 Å². The smallest absolute Gasteiger partial charge is 0.328 e. The van der Waals surface area contributed by atoms with Gasteiger partial charge in [0, 0.05) is 18.0 Å². The molecule has 2 aromatic heterocycles. The normalized spacial score (nSPS) is 11.2. The minimum atomic E-state index is -0.838. The third-order valence-corrected chi connectivity index (χ3v) is 2.55. The lowest BCUT2D eigenvalue weighted by Crippen LogP contribution is -2.28. The van der Waals surface area contributed by atoms with Crippen LogP contribution < -0.4 is 16.7 Å². The average Bonchev–Trinajstić information content (AvgIpc) is 2.44. The molecule has 108 valence electrons. The predicted octanol–water partition coefficient (Wildman–Crippen LogP) is -0.682. The van der Waals surface area contributed by atoms with Crippen LogP contribution in [0.15, 0.2) is 39.2 Å².